The van der Waals surface area contributed by atoms with E-state index >= 15 is 0 Å². The van der Waals surface area contributed by atoms with Crippen LogP contribution in [-0.2, 0) is 0 Å². The van der Waals surface area contributed by atoms with Crippen molar-refractivity contribution in [2.75, 3.05) is 4.72 Å². The first-order valence-electron chi connectivity index (χ1n) is 7.26. The van der Waals surface area contributed by atoms with Crippen LogP contribution in [0.5, 0.6) is 17.2 Å². The van der Waals surface area contributed by atoms with E-state index in [1.165, 1.54) is 9.12 Å². The van der Waals surface area contributed by atoms with Gasteiger partial charge in [-0.2, -0.15) is 0 Å². The number of rotatable bonds is 3. The third-order valence-electron chi connectivity index (χ3n) is 4.13. The fourth-order valence-corrected chi connectivity index (χ4v) is 3.92. The van der Waals surface area contributed by atoms with Crippen molar-refractivity contribution in [2.24, 2.45) is 0 Å². The van der Waals surface area contributed by atoms with E-state index < -0.39 is 0 Å². The molecule has 6 heteroatoms. The Morgan fingerprint density at radius 1 is 0.958 bits per heavy atom. The highest BCUT2D eigenvalue weighted by Gasteiger charge is 2.20. The monoisotopic (exact) mass is 453 g/mol. The molecule has 124 valence electrons. The van der Waals surface area contributed by atoms with Crippen LogP contribution in [-0.4, -0.2) is 15.3 Å². The minimum Gasteiger partial charge on any atom is -0.508 e. The first-order chi connectivity index (χ1) is 11.4. The Labute approximate surface area is 156 Å². The first-order valence-corrected chi connectivity index (χ1v) is 10.6. The number of hydrogen-bond donors (Lipinski definition) is 4. The van der Waals surface area contributed by atoms with E-state index in [1.54, 1.807) is 30.3 Å². The lowest BCUT2D eigenvalue weighted by Crippen LogP contribution is -1.95. The van der Waals surface area contributed by atoms with E-state index in [2.05, 4.69) is 25.9 Å². The highest BCUT2D eigenvalue weighted by atomic mass is 127. The van der Waals surface area contributed by atoms with Gasteiger partial charge < -0.3 is 20.0 Å². The molecule has 0 aromatic heterocycles. The molecule has 0 heterocycles. The highest BCUT2D eigenvalue weighted by Crippen LogP contribution is 2.46. The van der Waals surface area contributed by atoms with E-state index in [1.807, 2.05) is 19.9 Å². The quantitative estimate of drug-likeness (QED) is 0.234. The molecular formula is C18H16INO3S. The average Bonchev–Trinajstić information content (AvgIpc) is 2.55. The van der Waals surface area contributed by atoms with Crippen LogP contribution < -0.4 is 4.72 Å². The molecule has 0 aliphatic carbocycles. The maximum Gasteiger partial charge on any atom is 0.126 e. The van der Waals surface area contributed by atoms with Crippen molar-refractivity contribution in [1.29, 1.82) is 0 Å². The molecule has 0 saturated heterocycles. The second-order valence-electron chi connectivity index (χ2n) is 5.63. The van der Waals surface area contributed by atoms with Crippen molar-refractivity contribution in [2.45, 2.75) is 13.8 Å². The molecule has 0 bridgehead atoms. The van der Waals surface area contributed by atoms with Crippen LogP contribution in [0.3, 0.4) is 0 Å². The van der Waals surface area contributed by atoms with E-state index in [-0.39, 0.29) is 17.2 Å². The molecule has 3 aromatic rings. The van der Waals surface area contributed by atoms with Gasteiger partial charge in [-0.05, 0) is 60.0 Å². The maximum atomic E-state index is 10.7. The van der Waals surface area contributed by atoms with Crippen molar-refractivity contribution in [3.63, 3.8) is 0 Å². The van der Waals surface area contributed by atoms with Crippen LogP contribution >= 0.6 is 30.3 Å². The molecule has 0 saturated carbocycles. The minimum atomic E-state index is 0.0603. The SMILES string of the molecule is Cc1cc(NSI)c(C)c(-c2c(O)ccc3ccc(O)cc23)c1O. The number of hydrogen-bond acceptors (Lipinski definition) is 5. The Kier molecular flexibility index (Phi) is 4.69. The summed E-state index contributed by atoms with van der Waals surface area (Å²) in [5.74, 6) is 0.299. The Bertz CT molecular complexity index is 938. The highest BCUT2D eigenvalue weighted by molar-refractivity contribution is 14.2. The molecule has 0 atom stereocenters. The molecule has 0 amide bonds. The van der Waals surface area contributed by atoms with Gasteiger partial charge in [-0.15, -0.1) is 0 Å². The van der Waals surface area contributed by atoms with Gasteiger partial charge in [-0.25, -0.2) is 0 Å². The lowest BCUT2D eigenvalue weighted by molar-refractivity contribution is 0.466. The lowest BCUT2D eigenvalue weighted by atomic mass is 9.91. The van der Waals surface area contributed by atoms with E-state index in [0.717, 1.165) is 16.6 Å². The molecule has 0 unspecified atom stereocenters. The number of aromatic hydroxyl groups is 3. The molecule has 0 fully saturated rings. The van der Waals surface area contributed by atoms with Gasteiger partial charge in [0.25, 0.3) is 0 Å². The van der Waals surface area contributed by atoms with E-state index in [0.29, 0.717) is 22.1 Å². The molecule has 0 aliphatic heterocycles. The molecule has 3 aromatic carbocycles. The van der Waals surface area contributed by atoms with E-state index in [9.17, 15) is 15.3 Å². The van der Waals surface area contributed by atoms with Gasteiger partial charge in [0.15, 0.2) is 0 Å². The summed E-state index contributed by atoms with van der Waals surface area (Å²) < 4.78 is 3.19. The van der Waals surface area contributed by atoms with Crippen molar-refractivity contribution in [3.05, 3.63) is 47.5 Å². The summed E-state index contributed by atoms with van der Waals surface area (Å²) >= 11 is 2.14. The van der Waals surface area contributed by atoms with Gasteiger partial charge in [-0.1, -0.05) is 12.1 Å². The van der Waals surface area contributed by atoms with Crippen molar-refractivity contribution in [3.8, 4) is 28.4 Å². The molecule has 0 radical (unpaired) electrons. The second-order valence-corrected chi connectivity index (χ2v) is 7.31. The van der Waals surface area contributed by atoms with Crippen molar-refractivity contribution >= 4 is 46.8 Å². The Morgan fingerprint density at radius 2 is 1.67 bits per heavy atom. The van der Waals surface area contributed by atoms with Crippen LogP contribution in [0, 0.1) is 13.8 Å². The number of anilines is 1. The van der Waals surface area contributed by atoms with Crippen LogP contribution in [0.15, 0.2) is 36.4 Å². The predicted octanol–water partition coefficient (Wildman–Crippen LogP) is 5.65. The van der Waals surface area contributed by atoms with Crippen LogP contribution in [0.2, 0.25) is 0 Å². The number of phenolic OH excluding ortho intramolecular Hbond substituents is 3. The molecule has 0 aliphatic rings. The number of fused-ring (bicyclic) bond motifs is 1. The van der Waals surface area contributed by atoms with Gasteiger partial charge in [0.05, 0.1) is 0 Å². The second kappa shape index (κ2) is 6.60. The first kappa shape index (κ1) is 17.0. The fourth-order valence-electron chi connectivity index (χ4n) is 2.91. The zero-order chi connectivity index (χ0) is 17.4. The van der Waals surface area contributed by atoms with Gasteiger partial charge in [0.2, 0.25) is 0 Å². The van der Waals surface area contributed by atoms with Gasteiger partial charge in [-0.3, -0.25) is 0 Å². The number of phenols is 3. The molecule has 3 rings (SSSR count). The van der Waals surface area contributed by atoms with Gasteiger partial charge >= 0.3 is 0 Å². The number of halogens is 1. The topological polar surface area (TPSA) is 72.7 Å². The predicted molar refractivity (Wildman–Crippen MR) is 109 cm³/mol. The van der Waals surface area contributed by atoms with Crippen molar-refractivity contribution in [1.82, 2.24) is 0 Å². The summed E-state index contributed by atoms with van der Waals surface area (Å²) in [5, 5.41) is 32.6. The lowest BCUT2D eigenvalue weighted by Gasteiger charge is -2.18. The van der Waals surface area contributed by atoms with Gasteiger partial charge in [0.1, 0.15) is 17.2 Å². The summed E-state index contributed by atoms with van der Waals surface area (Å²) in [6, 6.07) is 10.3. The number of nitrogens with one attached hydrogen (secondary N) is 1. The standard InChI is InChI=1S/C18H16INO3S/c1-9-7-14(20-24-19)10(2)16(18(9)23)17-13-8-12(21)5-3-11(13)4-6-15(17)22/h3-8,20-23H,1-2H3. The molecule has 4 nitrogen and oxygen atoms in total. The largest absolute Gasteiger partial charge is 0.508 e. The summed E-state index contributed by atoms with van der Waals surface area (Å²) in [4.78, 5) is 0. The van der Waals surface area contributed by atoms with Crippen molar-refractivity contribution < 1.29 is 15.3 Å². The normalized spacial score (nSPS) is 11.0. The van der Waals surface area contributed by atoms with Crippen LogP contribution in [0.4, 0.5) is 5.69 Å². The molecule has 0 spiro atoms. The van der Waals surface area contributed by atoms with Gasteiger partial charge in [0, 0.05) is 47.1 Å². The van der Waals surface area contributed by atoms with Crippen LogP contribution in [0.1, 0.15) is 11.1 Å². The number of benzene rings is 3. The third kappa shape index (κ3) is 2.84. The average molecular weight is 453 g/mol. The molecular weight excluding hydrogens is 437 g/mol. The zero-order valence-electron chi connectivity index (χ0n) is 13.1. The molecule has 4 N–H and O–H groups in total. The fraction of sp³-hybridized carbons (Fsp3) is 0.111. The maximum absolute atomic E-state index is 10.7. The zero-order valence-corrected chi connectivity index (χ0v) is 16.1. The molecule has 24 heavy (non-hydrogen) atoms. The Hall–Kier alpha value is -1.80. The summed E-state index contributed by atoms with van der Waals surface area (Å²) in [7, 11) is 1.43. The number of aryl methyl sites for hydroxylation is 1. The summed E-state index contributed by atoms with van der Waals surface area (Å²) in [5.41, 5.74) is 3.49. The third-order valence-corrected chi connectivity index (χ3v) is 5.09. The summed E-state index contributed by atoms with van der Waals surface area (Å²) in [6.07, 6.45) is 0. The minimum absolute atomic E-state index is 0.0603. The Morgan fingerprint density at radius 3 is 2.38 bits per heavy atom. The smallest absolute Gasteiger partial charge is 0.126 e. The van der Waals surface area contributed by atoms with E-state index in [4.69, 9.17) is 0 Å². The summed E-state index contributed by atoms with van der Waals surface area (Å²) in [6.45, 7) is 3.71. The Balaban J connectivity index is 2.43. The van der Waals surface area contributed by atoms with Crippen LogP contribution in [0.25, 0.3) is 21.9 Å².